The van der Waals surface area contributed by atoms with Gasteiger partial charge in [-0.25, -0.2) is 0 Å². The Kier molecular flexibility index (Phi) is 8.84. The number of aryl methyl sites for hydroxylation is 1. The molecule has 0 aliphatic heterocycles. The van der Waals surface area contributed by atoms with Crippen LogP contribution < -0.4 is 10.6 Å². The Morgan fingerprint density at radius 2 is 2.03 bits per heavy atom. The summed E-state index contributed by atoms with van der Waals surface area (Å²) in [4.78, 5) is 41.2. The zero-order chi connectivity index (χ0) is 22.9. The molecule has 0 saturated heterocycles. The van der Waals surface area contributed by atoms with E-state index < -0.39 is 6.04 Å². The van der Waals surface area contributed by atoms with Gasteiger partial charge in [0.05, 0.1) is 6.54 Å². The van der Waals surface area contributed by atoms with Crippen molar-refractivity contribution < 1.29 is 18.9 Å². The largest absolute Gasteiger partial charge is 0.360 e. The summed E-state index contributed by atoms with van der Waals surface area (Å²) < 4.78 is 4.94. The van der Waals surface area contributed by atoms with Crippen LogP contribution in [0.1, 0.15) is 68.9 Å². The van der Waals surface area contributed by atoms with E-state index in [1.54, 1.807) is 29.2 Å². The Morgan fingerprint density at radius 1 is 1.25 bits per heavy atom. The quantitative estimate of drug-likeness (QED) is 0.557. The summed E-state index contributed by atoms with van der Waals surface area (Å²) in [5.74, 6) is 0.284. The lowest BCUT2D eigenvalue weighted by atomic mass is 9.95. The van der Waals surface area contributed by atoms with Gasteiger partial charge in [0.15, 0.2) is 5.82 Å². The average Bonchev–Trinajstić information content (AvgIpc) is 3.44. The highest BCUT2D eigenvalue weighted by Crippen LogP contribution is 2.20. The van der Waals surface area contributed by atoms with Crippen LogP contribution in [0.2, 0.25) is 0 Å². The lowest BCUT2D eigenvalue weighted by Crippen LogP contribution is -2.51. The third-order valence-electron chi connectivity index (χ3n) is 5.71. The molecule has 0 bridgehead atoms. The Balaban J connectivity index is 1.63. The normalized spacial score (nSPS) is 15.2. The number of nitrogens with one attached hydrogen (secondary N) is 2. The second kappa shape index (κ2) is 11.8. The minimum atomic E-state index is -0.562. The third kappa shape index (κ3) is 6.91. The highest BCUT2D eigenvalue weighted by molar-refractivity contribution is 7.09. The van der Waals surface area contributed by atoms with E-state index in [1.165, 1.54) is 6.42 Å². The molecule has 2 heterocycles. The molecule has 32 heavy (non-hydrogen) atoms. The summed E-state index contributed by atoms with van der Waals surface area (Å²) in [6, 6.07) is 5.12. The third-order valence-corrected chi connectivity index (χ3v) is 6.57. The van der Waals surface area contributed by atoms with Crippen molar-refractivity contribution in [3.63, 3.8) is 0 Å². The van der Waals surface area contributed by atoms with Crippen molar-refractivity contribution in [3.05, 3.63) is 34.2 Å². The van der Waals surface area contributed by atoms with E-state index >= 15 is 0 Å². The maximum absolute atomic E-state index is 13.2. The molecule has 1 aliphatic carbocycles. The van der Waals surface area contributed by atoms with Crippen LogP contribution in [-0.4, -0.2) is 39.9 Å². The SMILES string of the molecule is CC[C@H](C(=O)NC1CCCCC1)N(Cc1cccs1)C(=O)CCC(=O)Nc1cc(C)on1. The van der Waals surface area contributed by atoms with Crippen LogP contribution >= 0.6 is 11.3 Å². The van der Waals surface area contributed by atoms with Crippen molar-refractivity contribution in [1.29, 1.82) is 0 Å². The van der Waals surface area contributed by atoms with Crippen molar-refractivity contribution in [2.45, 2.75) is 83.8 Å². The van der Waals surface area contributed by atoms with Gasteiger partial charge in [-0.05, 0) is 37.6 Å². The Hall–Kier alpha value is -2.68. The Morgan fingerprint density at radius 3 is 2.66 bits per heavy atom. The van der Waals surface area contributed by atoms with Crippen molar-refractivity contribution in [3.8, 4) is 0 Å². The van der Waals surface area contributed by atoms with E-state index in [0.29, 0.717) is 24.5 Å². The van der Waals surface area contributed by atoms with E-state index in [4.69, 9.17) is 4.52 Å². The zero-order valence-electron chi connectivity index (χ0n) is 18.8. The molecule has 3 amide bonds. The monoisotopic (exact) mass is 460 g/mol. The van der Waals surface area contributed by atoms with Crippen molar-refractivity contribution in [1.82, 2.24) is 15.4 Å². The highest BCUT2D eigenvalue weighted by Gasteiger charge is 2.30. The van der Waals surface area contributed by atoms with Gasteiger partial charge in [0.25, 0.3) is 0 Å². The van der Waals surface area contributed by atoms with Crippen LogP contribution in [0.15, 0.2) is 28.1 Å². The fourth-order valence-corrected chi connectivity index (χ4v) is 4.73. The molecule has 9 heteroatoms. The summed E-state index contributed by atoms with van der Waals surface area (Å²) in [7, 11) is 0. The van der Waals surface area contributed by atoms with Crippen molar-refractivity contribution >= 4 is 34.9 Å². The Bertz CT molecular complexity index is 890. The van der Waals surface area contributed by atoms with Gasteiger partial charge in [-0.1, -0.05) is 37.4 Å². The first-order chi connectivity index (χ1) is 15.5. The van der Waals surface area contributed by atoms with Crippen molar-refractivity contribution in [2.24, 2.45) is 0 Å². The van der Waals surface area contributed by atoms with Crippen LogP contribution in [0.3, 0.4) is 0 Å². The van der Waals surface area contributed by atoms with E-state index in [9.17, 15) is 14.4 Å². The van der Waals surface area contributed by atoms with Gasteiger partial charge in [-0.15, -0.1) is 11.3 Å². The van der Waals surface area contributed by atoms with Crippen LogP contribution in [0.4, 0.5) is 5.82 Å². The minimum Gasteiger partial charge on any atom is -0.360 e. The summed E-state index contributed by atoms with van der Waals surface area (Å²) in [6.45, 7) is 4.01. The van der Waals surface area contributed by atoms with E-state index in [2.05, 4.69) is 15.8 Å². The Labute approximate surface area is 192 Å². The number of hydrogen-bond acceptors (Lipinski definition) is 6. The number of anilines is 1. The summed E-state index contributed by atoms with van der Waals surface area (Å²) in [5, 5.41) is 11.5. The molecule has 0 radical (unpaired) electrons. The molecule has 8 nitrogen and oxygen atoms in total. The van der Waals surface area contributed by atoms with Gasteiger partial charge in [0.1, 0.15) is 11.8 Å². The van der Waals surface area contributed by atoms with Crippen molar-refractivity contribution in [2.75, 3.05) is 5.32 Å². The van der Waals surface area contributed by atoms with Crippen LogP contribution in [0.25, 0.3) is 0 Å². The maximum Gasteiger partial charge on any atom is 0.243 e. The maximum atomic E-state index is 13.2. The molecule has 174 valence electrons. The lowest BCUT2D eigenvalue weighted by molar-refractivity contribution is -0.142. The standard InChI is InChI=1S/C23H32N4O4S/c1-3-19(23(30)24-17-8-5-4-6-9-17)27(15-18-10-7-13-32-18)22(29)12-11-21(28)25-20-14-16(2)31-26-20/h7,10,13-14,17,19H,3-6,8-9,11-12,15H2,1-2H3,(H,24,30)(H,25,26,28)/t19-/m1/s1. The molecular formula is C23H32N4O4S. The van der Waals surface area contributed by atoms with Gasteiger partial charge < -0.3 is 20.1 Å². The van der Waals surface area contributed by atoms with Crippen LogP contribution in [0, 0.1) is 6.92 Å². The van der Waals surface area contributed by atoms with Gasteiger partial charge >= 0.3 is 0 Å². The minimum absolute atomic E-state index is 0.00631. The van der Waals surface area contributed by atoms with Gasteiger partial charge in [-0.3, -0.25) is 14.4 Å². The first-order valence-corrected chi connectivity index (χ1v) is 12.2. The number of amides is 3. The molecule has 1 saturated carbocycles. The van der Waals surface area contributed by atoms with E-state index in [1.807, 2.05) is 24.4 Å². The fraction of sp³-hybridized carbons (Fsp3) is 0.565. The molecule has 1 aliphatic rings. The van der Waals surface area contributed by atoms with E-state index in [-0.39, 0.29) is 36.6 Å². The second-order valence-electron chi connectivity index (χ2n) is 8.24. The molecule has 2 N–H and O–H groups in total. The van der Waals surface area contributed by atoms with E-state index in [0.717, 1.165) is 30.6 Å². The van der Waals surface area contributed by atoms with Gasteiger partial charge in [-0.2, -0.15) is 0 Å². The second-order valence-corrected chi connectivity index (χ2v) is 9.27. The molecule has 2 aromatic heterocycles. The molecule has 0 aromatic carbocycles. The fourth-order valence-electron chi connectivity index (χ4n) is 4.03. The topological polar surface area (TPSA) is 105 Å². The highest BCUT2D eigenvalue weighted by atomic mass is 32.1. The number of aromatic nitrogens is 1. The van der Waals surface area contributed by atoms with Gasteiger partial charge in [0, 0.05) is 29.8 Å². The first kappa shape index (κ1) is 24.0. The molecule has 2 aromatic rings. The predicted molar refractivity (Wildman–Crippen MR) is 123 cm³/mol. The number of nitrogens with zero attached hydrogens (tertiary/aromatic N) is 2. The van der Waals surface area contributed by atoms with Crippen LogP contribution in [0.5, 0.6) is 0 Å². The molecular weight excluding hydrogens is 428 g/mol. The molecule has 0 spiro atoms. The van der Waals surface area contributed by atoms with Gasteiger partial charge in [0.2, 0.25) is 17.7 Å². The zero-order valence-corrected chi connectivity index (χ0v) is 19.6. The average molecular weight is 461 g/mol. The summed E-state index contributed by atoms with van der Waals surface area (Å²) >= 11 is 1.55. The number of thiophene rings is 1. The smallest absolute Gasteiger partial charge is 0.243 e. The summed E-state index contributed by atoms with van der Waals surface area (Å²) in [5.41, 5.74) is 0. The molecule has 3 rings (SSSR count). The molecule has 1 fully saturated rings. The predicted octanol–water partition coefficient (Wildman–Crippen LogP) is 4.02. The first-order valence-electron chi connectivity index (χ1n) is 11.3. The van der Waals surface area contributed by atoms with Crippen LogP contribution in [-0.2, 0) is 20.9 Å². The molecule has 1 atom stereocenters. The number of carbonyl (C=O) groups is 3. The lowest BCUT2D eigenvalue weighted by Gasteiger charge is -2.32. The number of hydrogen-bond donors (Lipinski definition) is 2. The molecule has 0 unspecified atom stereocenters. The number of carbonyl (C=O) groups excluding carboxylic acids is 3. The number of rotatable bonds is 10. The summed E-state index contributed by atoms with van der Waals surface area (Å²) in [6.07, 6.45) is 5.97.